The van der Waals surface area contributed by atoms with Crippen LogP contribution in [0.2, 0.25) is 0 Å². The largest absolute Gasteiger partial charge is 0.496 e. The Bertz CT molecular complexity index is 397. The molecule has 1 aromatic rings. The number of hydrogen-bond acceptors (Lipinski definition) is 3. The van der Waals surface area contributed by atoms with E-state index in [1.165, 1.54) is 0 Å². The summed E-state index contributed by atoms with van der Waals surface area (Å²) in [5.41, 5.74) is 7.31. The van der Waals surface area contributed by atoms with Gasteiger partial charge in [-0.05, 0) is 30.5 Å². The van der Waals surface area contributed by atoms with Crippen LogP contribution in [0.4, 0.5) is 0 Å². The van der Waals surface area contributed by atoms with E-state index >= 15 is 0 Å². The van der Waals surface area contributed by atoms with Gasteiger partial charge in [0.1, 0.15) is 5.75 Å². The number of halogens is 1. The second-order valence-electron chi connectivity index (χ2n) is 4.51. The highest BCUT2D eigenvalue weighted by Crippen LogP contribution is 2.35. The zero-order valence-electron chi connectivity index (χ0n) is 10.2. The maximum Gasteiger partial charge on any atom is 0.123 e. The monoisotopic (exact) mass is 299 g/mol. The van der Waals surface area contributed by atoms with Crippen LogP contribution in [0.25, 0.3) is 0 Å². The third kappa shape index (κ3) is 2.64. The second kappa shape index (κ2) is 5.38. The first-order chi connectivity index (χ1) is 8.13. The summed E-state index contributed by atoms with van der Waals surface area (Å²) in [6.07, 6.45) is 1.16. The van der Waals surface area contributed by atoms with E-state index in [9.17, 15) is 0 Å². The zero-order valence-corrected chi connectivity index (χ0v) is 11.7. The molecule has 3 nitrogen and oxygen atoms in total. The van der Waals surface area contributed by atoms with Gasteiger partial charge in [0.25, 0.3) is 0 Å². The summed E-state index contributed by atoms with van der Waals surface area (Å²) in [4.78, 5) is 0. The number of ether oxygens (including phenoxy) is 2. The minimum absolute atomic E-state index is 0.0817. The summed E-state index contributed by atoms with van der Waals surface area (Å²) in [6.45, 7) is 2.98. The van der Waals surface area contributed by atoms with E-state index in [0.717, 1.165) is 28.8 Å². The Morgan fingerprint density at radius 1 is 1.53 bits per heavy atom. The first kappa shape index (κ1) is 12.9. The van der Waals surface area contributed by atoms with Gasteiger partial charge in [-0.15, -0.1) is 0 Å². The smallest absolute Gasteiger partial charge is 0.123 e. The van der Waals surface area contributed by atoms with Crippen LogP contribution in [-0.2, 0) is 4.74 Å². The Kier molecular flexibility index (Phi) is 4.07. The van der Waals surface area contributed by atoms with Gasteiger partial charge >= 0.3 is 0 Å². The fraction of sp³-hybridized carbons (Fsp3) is 0.538. The number of nitrogens with two attached hydrogens (primary N) is 1. The molecule has 0 aliphatic carbocycles. The minimum atomic E-state index is -0.139. The van der Waals surface area contributed by atoms with E-state index in [2.05, 4.69) is 22.9 Å². The molecule has 1 heterocycles. The van der Waals surface area contributed by atoms with Gasteiger partial charge in [-0.2, -0.15) is 0 Å². The van der Waals surface area contributed by atoms with Crippen LogP contribution >= 0.6 is 15.9 Å². The highest BCUT2D eigenvalue weighted by Gasteiger charge is 2.32. The van der Waals surface area contributed by atoms with Gasteiger partial charge in [0, 0.05) is 16.6 Å². The van der Waals surface area contributed by atoms with Crippen molar-refractivity contribution in [3.63, 3.8) is 0 Å². The molecule has 0 aromatic heterocycles. The Hall–Kier alpha value is -0.580. The molecule has 1 saturated heterocycles. The summed E-state index contributed by atoms with van der Waals surface area (Å²) in [5, 5.41) is 0. The average Bonchev–Trinajstić information content (AvgIpc) is 2.74. The minimum Gasteiger partial charge on any atom is -0.496 e. The Balaban J connectivity index is 2.28. The van der Waals surface area contributed by atoms with Crippen molar-refractivity contribution < 1.29 is 9.47 Å². The number of hydrogen-bond donors (Lipinski definition) is 1. The SMILES string of the molecule is COc1ccc(Br)cc1C(N)C1OCCC1C. The standard InChI is InChI=1S/C13H18BrNO2/c1-8-5-6-17-13(8)12(15)10-7-9(14)3-4-11(10)16-2/h3-4,7-8,12-13H,5-6,15H2,1-2H3. The van der Waals surface area contributed by atoms with Crippen molar-refractivity contribution in [2.75, 3.05) is 13.7 Å². The molecule has 0 bridgehead atoms. The molecular formula is C13H18BrNO2. The zero-order chi connectivity index (χ0) is 12.4. The van der Waals surface area contributed by atoms with Gasteiger partial charge in [-0.3, -0.25) is 0 Å². The van der Waals surface area contributed by atoms with Gasteiger partial charge < -0.3 is 15.2 Å². The lowest BCUT2D eigenvalue weighted by atomic mass is 9.93. The highest BCUT2D eigenvalue weighted by molar-refractivity contribution is 9.10. The molecule has 1 aliphatic heterocycles. The van der Waals surface area contributed by atoms with Crippen molar-refractivity contribution >= 4 is 15.9 Å². The molecule has 4 heteroatoms. The molecule has 1 aromatic carbocycles. The fourth-order valence-electron chi connectivity index (χ4n) is 2.32. The third-order valence-corrected chi connectivity index (χ3v) is 3.84. The molecule has 1 fully saturated rings. The molecule has 0 amide bonds. The van der Waals surface area contributed by atoms with E-state index in [0.29, 0.717) is 5.92 Å². The summed E-state index contributed by atoms with van der Waals surface area (Å²) in [5.74, 6) is 1.32. The van der Waals surface area contributed by atoms with Crippen molar-refractivity contribution in [2.45, 2.75) is 25.5 Å². The molecule has 3 atom stereocenters. The summed E-state index contributed by atoms with van der Waals surface area (Å²) in [6, 6.07) is 5.75. The lowest BCUT2D eigenvalue weighted by Gasteiger charge is -2.24. The molecule has 2 N–H and O–H groups in total. The quantitative estimate of drug-likeness (QED) is 0.933. The molecule has 94 valence electrons. The van der Waals surface area contributed by atoms with Gasteiger partial charge in [-0.25, -0.2) is 0 Å². The molecular weight excluding hydrogens is 282 g/mol. The number of methoxy groups -OCH3 is 1. The van der Waals surface area contributed by atoms with Gasteiger partial charge in [0.2, 0.25) is 0 Å². The first-order valence-corrected chi connectivity index (χ1v) is 6.63. The fourth-order valence-corrected chi connectivity index (χ4v) is 2.70. The predicted octanol–water partition coefficient (Wildman–Crippen LogP) is 2.88. The Labute approximate surface area is 110 Å². The number of rotatable bonds is 3. The average molecular weight is 300 g/mol. The van der Waals surface area contributed by atoms with Crippen molar-refractivity contribution in [3.8, 4) is 5.75 Å². The molecule has 17 heavy (non-hydrogen) atoms. The molecule has 0 saturated carbocycles. The van der Waals surface area contributed by atoms with Gasteiger partial charge in [-0.1, -0.05) is 22.9 Å². The van der Waals surface area contributed by atoms with Gasteiger partial charge in [0.15, 0.2) is 0 Å². The number of benzene rings is 1. The van der Waals surface area contributed by atoms with E-state index in [1.54, 1.807) is 7.11 Å². The maximum absolute atomic E-state index is 6.31. The van der Waals surface area contributed by atoms with Crippen LogP contribution in [0.15, 0.2) is 22.7 Å². The molecule has 2 rings (SSSR count). The predicted molar refractivity (Wildman–Crippen MR) is 71.1 cm³/mol. The summed E-state index contributed by atoms with van der Waals surface area (Å²) >= 11 is 3.47. The van der Waals surface area contributed by atoms with Crippen LogP contribution in [0.5, 0.6) is 5.75 Å². The molecule has 1 aliphatic rings. The molecule has 3 unspecified atom stereocenters. The normalized spacial score (nSPS) is 25.9. The lowest BCUT2D eigenvalue weighted by molar-refractivity contribution is 0.0717. The first-order valence-electron chi connectivity index (χ1n) is 5.84. The van der Waals surface area contributed by atoms with Crippen molar-refractivity contribution in [2.24, 2.45) is 11.7 Å². The van der Waals surface area contributed by atoms with Crippen LogP contribution in [0, 0.1) is 5.92 Å². The van der Waals surface area contributed by atoms with Crippen molar-refractivity contribution in [3.05, 3.63) is 28.2 Å². The van der Waals surface area contributed by atoms with E-state index < -0.39 is 0 Å². The second-order valence-corrected chi connectivity index (χ2v) is 5.43. The van der Waals surface area contributed by atoms with E-state index in [1.807, 2.05) is 18.2 Å². The van der Waals surface area contributed by atoms with Crippen LogP contribution in [0.1, 0.15) is 24.9 Å². The molecule has 0 radical (unpaired) electrons. The van der Waals surface area contributed by atoms with Crippen LogP contribution in [-0.4, -0.2) is 19.8 Å². The highest BCUT2D eigenvalue weighted by atomic mass is 79.9. The maximum atomic E-state index is 6.31. The van der Waals surface area contributed by atoms with E-state index in [4.69, 9.17) is 15.2 Å². The van der Waals surface area contributed by atoms with Gasteiger partial charge in [0.05, 0.1) is 19.3 Å². The molecule has 0 spiro atoms. The van der Waals surface area contributed by atoms with Crippen LogP contribution < -0.4 is 10.5 Å². The van der Waals surface area contributed by atoms with Crippen molar-refractivity contribution in [1.82, 2.24) is 0 Å². The Morgan fingerprint density at radius 3 is 2.88 bits per heavy atom. The summed E-state index contributed by atoms with van der Waals surface area (Å²) in [7, 11) is 1.67. The van der Waals surface area contributed by atoms with Crippen molar-refractivity contribution in [1.29, 1.82) is 0 Å². The topological polar surface area (TPSA) is 44.5 Å². The Morgan fingerprint density at radius 2 is 2.29 bits per heavy atom. The lowest BCUT2D eigenvalue weighted by Crippen LogP contribution is -2.30. The van der Waals surface area contributed by atoms with Crippen LogP contribution in [0.3, 0.4) is 0 Å². The summed E-state index contributed by atoms with van der Waals surface area (Å²) < 4.78 is 12.1. The van der Waals surface area contributed by atoms with E-state index in [-0.39, 0.29) is 12.1 Å². The third-order valence-electron chi connectivity index (χ3n) is 3.35.